The van der Waals surface area contributed by atoms with Crippen molar-refractivity contribution >= 4 is 10.0 Å². The van der Waals surface area contributed by atoms with E-state index in [-0.39, 0.29) is 5.75 Å². The smallest absolute Gasteiger partial charge is 0.212 e. The summed E-state index contributed by atoms with van der Waals surface area (Å²) in [6, 6.07) is 0. The zero-order chi connectivity index (χ0) is 11.9. The summed E-state index contributed by atoms with van der Waals surface area (Å²) in [4.78, 5) is 0. The predicted octanol–water partition coefficient (Wildman–Crippen LogP) is 2.48. The molecule has 0 aromatic heterocycles. The fraction of sp³-hybridized carbons (Fsp3) is 1.00. The first-order valence-electron chi connectivity index (χ1n) is 5.99. The molecule has 0 fully saturated rings. The molecule has 0 radical (unpaired) electrons. The van der Waals surface area contributed by atoms with E-state index in [1.807, 2.05) is 13.8 Å². The standard InChI is InChI=1S/C11H25NO2S/c1-5-9-15(13,14)12(8-4)10-11(6-2)7-3/h11H,5-10H2,1-4H3. The predicted molar refractivity (Wildman–Crippen MR) is 65.4 cm³/mol. The van der Waals surface area contributed by atoms with Gasteiger partial charge in [-0.05, 0) is 12.3 Å². The summed E-state index contributed by atoms with van der Waals surface area (Å²) in [7, 11) is -3.00. The third kappa shape index (κ3) is 4.98. The van der Waals surface area contributed by atoms with Crippen LogP contribution >= 0.6 is 0 Å². The van der Waals surface area contributed by atoms with Crippen LogP contribution < -0.4 is 0 Å². The zero-order valence-electron chi connectivity index (χ0n) is 10.5. The quantitative estimate of drug-likeness (QED) is 0.648. The van der Waals surface area contributed by atoms with Crippen LogP contribution in [0.5, 0.6) is 0 Å². The number of hydrogen-bond donors (Lipinski definition) is 0. The summed E-state index contributed by atoms with van der Waals surface area (Å²) in [6.07, 6.45) is 2.80. The molecular weight excluding hydrogens is 210 g/mol. The second-order valence-corrected chi connectivity index (χ2v) is 6.04. The van der Waals surface area contributed by atoms with E-state index in [9.17, 15) is 8.42 Å². The number of sulfonamides is 1. The average Bonchev–Trinajstić information content (AvgIpc) is 2.19. The van der Waals surface area contributed by atoms with Gasteiger partial charge in [0.05, 0.1) is 5.75 Å². The van der Waals surface area contributed by atoms with Crippen molar-refractivity contribution in [1.29, 1.82) is 0 Å². The molecule has 4 heteroatoms. The molecule has 0 aliphatic rings. The summed E-state index contributed by atoms with van der Waals surface area (Å²) in [5.41, 5.74) is 0. The van der Waals surface area contributed by atoms with E-state index in [0.29, 0.717) is 25.4 Å². The van der Waals surface area contributed by atoms with Crippen molar-refractivity contribution in [3.05, 3.63) is 0 Å². The third-order valence-corrected chi connectivity index (χ3v) is 4.94. The SMILES string of the molecule is CCCS(=O)(=O)N(CC)CC(CC)CC. The lowest BCUT2D eigenvalue weighted by Crippen LogP contribution is -2.36. The van der Waals surface area contributed by atoms with E-state index in [1.165, 1.54) is 0 Å². The Morgan fingerprint density at radius 2 is 1.60 bits per heavy atom. The molecule has 3 nitrogen and oxygen atoms in total. The maximum Gasteiger partial charge on any atom is 0.214 e. The second-order valence-electron chi connectivity index (χ2n) is 3.95. The van der Waals surface area contributed by atoms with Gasteiger partial charge < -0.3 is 0 Å². The molecule has 92 valence electrons. The molecule has 0 atom stereocenters. The maximum absolute atomic E-state index is 11.9. The molecule has 0 unspecified atom stereocenters. The van der Waals surface area contributed by atoms with Gasteiger partial charge >= 0.3 is 0 Å². The van der Waals surface area contributed by atoms with Gasteiger partial charge in [0.2, 0.25) is 10.0 Å². The van der Waals surface area contributed by atoms with Gasteiger partial charge in [-0.15, -0.1) is 0 Å². The van der Waals surface area contributed by atoms with Crippen molar-refractivity contribution in [3.8, 4) is 0 Å². The van der Waals surface area contributed by atoms with Gasteiger partial charge in [0.15, 0.2) is 0 Å². The van der Waals surface area contributed by atoms with Gasteiger partial charge in [0.1, 0.15) is 0 Å². The lowest BCUT2D eigenvalue weighted by atomic mass is 10.0. The van der Waals surface area contributed by atoms with Crippen molar-refractivity contribution in [2.45, 2.75) is 47.0 Å². The third-order valence-electron chi connectivity index (χ3n) is 2.82. The minimum atomic E-state index is -3.00. The second kappa shape index (κ2) is 7.23. The van der Waals surface area contributed by atoms with Crippen molar-refractivity contribution in [2.75, 3.05) is 18.8 Å². The molecule has 0 rings (SSSR count). The molecule has 0 spiro atoms. The van der Waals surface area contributed by atoms with Gasteiger partial charge in [-0.3, -0.25) is 0 Å². The molecular formula is C11H25NO2S. The van der Waals surface area contributed by atoms with E-state index in [4.69, 9.17) is 0 Å². The van der Waals surface area contributed by atoms with Crippen LogP contribution in [0.1, 0.15) is 47.0 Å². The molecule has 0 saturated heterocycles. The van der Waals surface area contributed by atoms with Crippen LogP contribution in [0.15, 0.2) is 0 Å². The Bertz CT molecular complexity index is 245. The van der Waals surface area contributed by atoms with Crippen LogP contribution in [0.4, 0.5) is 0 Å². The lowest BCUT2D eigenvalue weighted by Gasteiger charge is -2.24. The monoisotopic (exact) mass is 235 g/mol. The Morgan fingerprint density at radius 1 is 1.07 bits per heavy atom. The number of hydrogen-bond acceptors (Lipinski definition) is 2. The Labute approximate surface area is 94.9 Å². The highest BCUT2D eigenvalue weighted by molar-refractivity contribution is 7.89. The first kappa shape index (κ1) is 14.9. The molecule has 0 aliphatic carbocycles. The van der Waals surface area contributed by atoms with Crippen molar-refractivity contribution < 1.29 is 8.42 Å². The van der Waals surface area contributed by atoms with Crippen LogP contribution in [0, 0.1) is 5.92 Å². The Morgan fingerprint density at radius 3 is 1.93 bits per heavy atom. The fourth-order valence-corrected chi connectivity index (χ4v) is 3.27. The maximum atomic E-state index is 11.9. The van der Waals surface area contributed by atoms with E-state index in [1.54, 1.807) is 4.31 Å². The zero-order valence-corrected chi connectivity index (χ0v) is 11.3. The van der Waals surface area contributed by atoms with Crippen molar-refractivity contribution in [1.82, 2.24) is 4.31 Å². The summed E-state index contributed by atoms with van der Waals surface area (Å²) in [5.74, 6) is 0.776. The van der Waals surface area contributed by atoms with Crippen LogP contribution in [0.3, 0.4) is 0 Å². The molecule has 0 saturated carbocycles. The Kier molecular flexibility index (Phi) is 7.18. The minimum absolute atomic E-state index is 0.279. The summed E-state index contributed by atoms with van der Waals surface area (Å²) in [5, 5.41) is 0. The van der Waals surface area contributed by atoms with Crippen molar-refractivity contribution in [3.63, 3.8) is 0 Å². The minimum Gasteiger partial charge on any atom is -0.212 e. The van der Waals surface area contributed by atoms with E-state index < -0.39 is 10.0 Å². The largest absolute Gasteiger partial charge is 0.214 e. The Hall–Kier alpha value is -0.0900. The lowest BCUT2D eigenvalue weighted by molar-refractivity contribution is 0.339. The van der Waals surface area contributed by atoms with Crippen LogP contribution in [-0.2, 0) is 10.0 Å². The van der Waals surface area contributed by atoms with E-state index in [2.05, 4.69) is 13.8 Å². The van der Waals surface area contributed by atoms with Crippen LogP contribution in [0.25, 0.3) is 0 Å². The highest BCUT2D eigenvalue weighted by atomic mass is 32.2. The van der Waals surface area contributed by atoms with Gasteiger partial charge in [-0.1, -0.05) is 40.5 Å². The Balaban J connectivity index is 4.48. The number of nitrogens with zero attached hydrogens (tertiary/aromatic N) is 1. The van der Waals surface area contributed by atoms with Crippen LogP contribution in [0.2, 0.25) is 0 Å². The molecule has 0 aliphatic heterocycles. The fourth-order valence-electron chi connectivity index (χ4n) is 1.66. The van der Waals surface area contributed by atoms with Gasteiger partial charge in [-0.2, -0.15) is 0 Å². The van der Waals surface area contributed by atoms with E-state index >= 15 is 0 Å². The molecule has 0 aromatic carbocycles. The van der Waals surface area contributed by atoms with Gasteiger partial charge in [0.25, 0.3) is 0 Å². The number of rotatable bonds is 8. The molecule has 0 heterocycles. The van der Waals surface area contributed by atoms with E-state index in [0.717, 1.165) is 12.8 Å². The summed E-state index contributed by atoms with van der Waals surface area (Å²) >= 11 is 0. The van der Waals surface area contributed by atoms with Gasteiger partial charge in [0, 0.05) is 13.1 Å². The topological polar surface area (TPSA) is 37.4 Å². The highest BCUT2D eigenvalue weighted by Gasteiger charge is 2.21. The molecule has 0 aromatic rings. The van der Waals surface area contributed by atoms with Gasteiger partial charge in [-0.25, -0.2) is 12.7 Å². The first-order chi connectivity index (χ1) is 7.01. The molecule has 0 amide bonds. The summed E-state index contributed by atoms with van der Waals surface area (Å²) in [6.45, 7) is 9.34. The first-order valence-corrected chi connectivity index (χ1v) is 7.60. The molecule has 0 N–H and O–H groups in total. The molecule has 15 heavy (non-hydrogen) atoms. The molecule has 0 bridgehead atoms. The van der Waals surface area contributed by atoms with Crippen molar-refractivity contribution in [2.24, 2.45) is 5.92 Å². The summed E-state index contributed by atoms with van der Waals surface area (Å²) < 4.78 is 25.3. The highest BCUT2D eigenvalue weighted by Crippen LogP contribution is 2.13. The van der Waals surface area contributed by atoms with Crippen LogP contribution in [-0.4, -0.2) is 31.6 Å². The average molecular weight is 235 g/mol. The normalized spacial score (nSPS) is 12.7.